The summed E-state index contributed by atoms with van der Waals surface area (Å²) in [5, 5.41) is 15.2. The van der Waals surface area contributed by atoms with Crippen LogP contribution < -0.4 is 10.9 Å². The van der Waals surface area contributed by atoms with Gasteiger partial charge >= 0.3 is 0 Å². The van der Waals surface area contributed by atoms with Gasteiger partial charge in [0.25, 0.3) is 11.5 Å². The van der Waals surface area contributed by atoms with Crippen molar-refractivity contribution in [3.63, 3.8) is 0 Å². The molecule has 8 nitrogen and oxygen atoms in total. The summed E-state index contributed by atoms with van der Waals surface area (Å²) in [4.78, 5) is 30.5. The monoisotopic (exact) mass is 482 g/mol. The Hall–Kier alpha value is -4.37. The average Bonchev–Trinajstić information content (AvgIpc) is 3.54. The molecule has 0 saturated carbocycles. The van der Waals surface area contributed by atoms with Gasteiger partial charge in [0.2, 0.25) is 0 Å². The molecule has 0 aliphatic rings. The lowest BCUT2D eigenvalue weighted by Gasteiger charge is -2.07. The Labute approximate surface area is 205 Å². The number of aryl methyl sites for hydroxylation is 1. The molecule has 0 spiro atoms. The largest absolute Gasteiger partial charge is 0.349 e. The first-order valence-electron chi connectivity index (χ1n) is 11.1. The summed E-state index contributed by atoms with van der Waals surface area (Å²) in [6, 6.07) is 24.5. The lowest BCUT2D eigenvalue weighted by Crippen LogP contribution is -2.32. The van der Waals surface area contributed by atoms with Crippen molar-refractivity contribution in [1.29, 1.82) is 0 Å². The molecule has 0 fully saturated rings. The summed E-state index contributed by atoms with van der Waals surface area (Å²) in [7, 11) is 0. The Bertz CT molecular complexity index is 1520. The molecule has 5 rings (SSSR count). The Morgan fingerprint density at radius 2 is 1.69 bits per heavy atom. The molecule has 0 unspecified atom stereocenters. The van der Waals surface area contributed by atoms with Crippen LogP contribution in [0.4, 0.5) is 0 Å². The van der Waals surface area contributed by atoms with Crippen molar-refractivity contribution in [2.45, 2.75) is 13.5 Å². The minimum Gasteiger partial charge on any atom is -0.349 e. The normalized spacial score (nSPS) is 10.9. The van der Waals surface area contributed by atoms with Gasteiger partial charge in [0.05, 0.1) is 22.8 Å². The number of rotatable bonds is 7. The van der Waals surface area contributed by atoms with Gasteiger partial charge in [-0.25, -0.2) is 9.67 Å². The minimum absolute atomic E-state index is 0.235. The van der Waals surface area contributed by atoms with E-state index >= 15 is 0 Å². The van der Waals surface area contributed by atoms with Crippen molar-refractivity contribution < 1.29 is 4.79 Å². The number of aromatic nitrogens is 5. The Balaban J connectivity index is 1.27. The molecule has 5 aromatic rings. The van der Waals surface area contributed by atoms with Gasteiger partial charge in [0, 0.05) is 23.7 Å². The third-order valence-corrected chi connectivity index (χ3v) is 6.65. The van der Waals surface area contributed by atoms with E-state index in [1.54, 1.807) is 12.1 Å². The molecule has 1 amide bonds. The van der Waals surface area contributed by atoms with E-state index in [0.29, 0.717) is 17.1 Å². The number of carbonyl (C=O) groups excluding carboxylic acids is 1. The van der Waals surface area contributed by atoms with Gasteiger partial charge in [-0.3, -0.25) is 14.7 Å². The lowest BCUT2D eigenvalue weighted by atomic mass is 10.1. The number of benzene rings is 2. The second-order valence-corrected chi connectivity index (χ2v) is 8.87. The van der Waals surface area contributed by atoms with Gasteiger partial charge in [-0.15, -0.1) is 11.3 Å². The van der Waals surface area contributed by atoms with Crippen molar-refractivity contribution in [3.05, 3.63) is 101 Å². The molecule has 0 radical (unpaired) electrons. The maximum Gasteiger partial charge on any atom is 0.269 e. The highest BCUT2D eigenvalue weighted by molar-refractivity contribution is 7.18. The van der Waals surface area contributed by atoms with E-state index in [1.807, 2.05) is 67.6 Å². The van der Waals surface area contributed by atoms with Crippen LogP contribution in [0.15, 0.2) is 83.7 Å². The summed E-state index contributed by atoms with van der Waals surface area (Å²) in [6.45, 7) is 2.41. The fraction of sp³-hybridized carbons (Fsp3) is 0.115. The van der Waals surface area contributed by atoms with Crippen LogP contribution in [0.1, 0.15) is 16.2 Å². The number of hydrogen-bond acceptors (Lipinski definition) is 6. The van der Waals surface area contributed by atoms with E-state index < -0.39 is 0 Å². The predicted octanol–water partition coefficient (Wildman–Crippen LogP) is 4.16. The molecule has 0 saturated heterocycles. The van der Waals surface area contributed by atoms with E-state index in [2.05, 4.69) is 25.6 Å². The molecule has 0 aliphatic carbocycles. The zero-order chi connectivity index (χ0) is 24.2. The molecule has 2 N–H and O–H groups in total. The van der Waals surface area contributed by atoms with Crippen molar-refractivity contribution >= 4 is 17.2 Å². The topological polar surface area (TPSA) is 106 Å². The highest BCUT2D eigenvalue weighted by Gasteiger charge is 2.14. The second kappa shape index (κ2) is 9.86. The van der Waals surface area contributed by atoms with Gasteiger partial charge in [-0.05, 0) is 19.1 Å². The number of H-pyrrole nitrogens is 1. The fourth-order valence-electron chi connectivity index (χ4n) is 3.63. The highest BCUT2D eigenvalue weighted by atomic mass is 32.1. The van der Waals surface area contributed by atoms with Crippen molar-refractivity contribution in [2.75, 3.05) is 6.54 Å². The molecular weight excluding hydrogens is 460 g/mol. The molecule has 0 bridgehead atoms. The Kier molecular flexibility index (Phi) is 6.32. The van der Waals surface area contributed by atoms with Crippen LogP contribution in [0.25, 0.3) is 32.4 Å². The first-order chi connectivity index (χ1) is 17.1. The maximum atomic E-state index is 12.5. The van der Waals surface area contributed by atoms with Crippen LogP contribution in [-0.4, -0.2) is 37.4 Å². The summed E-state index contributed by atoms with van der Waals surface area (Å²) in [6.07, 6.45) is 0. The predicted molar refractivity (Wildman–Crippen MR) is 136 cm³/mol. The lowest BCUT2D eigenvalue weighted by molar-refractivity contribution is 0.0946. The zero-order valence-corrected chi connectivity index (χ0v) is 19.7. The molecular formula is C26H22N6O2S. The molecule has 2 aromatic carbocycles. The summed E-state index contributed by atoms with van der Waals surface area (Å²) in [5.74, 6) is -0.297. The van der Waals surface area contributed by atoms with Crippen LogP contribution in [-0.2, 0) is 6.54 Å². The van der Waals surface area contributed by atoms with Crippen molar-refractivity contribution in [1.82, 2.24) is 30.3 Å². The number of aromatic amines is 1. The zero-order valence-electron chi connectivity index (χ0n) is 18.9. The number of nitrogens with zero attached hydrogens (tertiary/aromatic N) is 4. The molecule has 9 heteroatoms. The van der Waals surface area contributed by atoms with E-state index in [4.69, 9.17) is 0 Å². The van der Waals surface area contributed by atoms with Gasteiger partial charge < -0.3 is 5.32 Å². The molecule has 3 aromatic heterocycles. The number of nitrogens with one attached hydrogen (secondary N) is 2. The van der Waals surface area contributed by atoms with Crippen LogP contribution in [0.5, 0.6) is 0 Å². The number of carbonyl (C=O) groups is 1. The average molecular weight is 483 g/mol. The number of amides is 1. The molecule has 0 aliphatic heterocycles. The van der Waals surface area contributed by atoms with E-state index in [-0.39, 0.29) is 24.6 Å². The molecule has 174 valence electrons. The molecule has 35 heavy (non-hydrogen) atoms. The standard InChI is InChI=1S/C26H22N6O2S/c1-17-24(35-26(28-17)19-10-6-3-7-11-19)20-12-13-23(33)32(31-20)15-14-27-25(34)22-16-21(29-30-22)18-8-4-2-5-9-18/h2-13,16H,14-15H2,1H3,(H,27,34)(H,29,30). The van der Waals surface area contributed by atoms with Crippen molar-refractivity contribution in [3.8, 4) is 32.4 Å². The molecule has 0 atom stereocenters. The van der Waals surface area contributed by atoms with Crippen LogP contribution >= 0.6 is 11.3 Å². The number of hydrogen-bond donors (Lipinski definition) is 2. The van der Waals surface area contributed by atoms with E-state index in [9.17, 15) is 9.59 Å². The van der Waals surface area contributed by atoms with Crippen LogP contribution in [0.2, 0.25) is 0 Å². The van der Waals surface area contributed by atoms with Gasteiger partial charge in [-0.1, -0.05) is 60.7 Å². The van der Waals surface area contributed by atoms with Gasteiger partial charge in [0.1, 0.15) is 16.4 Å². The quantitative estimate of drug-likeness (QED) is 0.362. The SMILES string of the molecule is Cc1nc(-c2ccccc2)sc1-c1ccc(=O)n(CCNC(=O)c2cc(-c3ccccc3)n[nH]2)n1. The van der Waals surface area contributed by atoms with Gasteiger partial charge in [-0.2, -0.15) is 10.2 Å². The van der Waals surface area contributed by atoms with Gasteiger partial charge in [0.15, 0.2) is 0 Å². The Morgan fingerprint density at radius 3 is 2.43 bits per heavy atom. The van der Waals surface area contributed by atoms with E-state index in [0.717, 1.165) is 26.7 Å². The van der Waals surface area contributed by atoms with Crippen molar-refractivity contribution in [2.24, 2.45) is 0 Å². The van der Waals surface area contributed by atoms with Crippen LogP contribution in [0.3, 0.4) is 0 Å². The van der Waals surface area contributed by atoms with E-state index in [1.165, 1.54) is 22.1 Å². The van der Waals surface area contributed by atoms with Crippen LogP contribution in [0, 0.1) is 6.92 Å². The first kappa shape index (κ1) is 22.4. The smallest absolute Gasteiger partial charge is 0.269 e. The second-order valence-electron chi connectivity index (χ2n) is 7.87. The summed E-state index contributed by atoms with van der Waals surface area (Å²) < 4.78 is 1.36. The fourth-order valence-corrected chi connectivity index (χ4v) is 4.67. The number of thiazole rings is 1. The molecule has 3 heterocycles. The summed E-state index contributed by atoms with van der Waals surface area (Å²) >= 11 is 1.54. The third kappa shape index (κ3) is 4.95. The third-order valence-electron chi connectivity index (χ3n) is 5.42. The highest BCUT2D eigenvalue weighted by Crippen LogP contribution is 2.33. The first-order valence-corrected chi connectivity index (χ1v) is 11.9. The minimum atomic E-state index is -0.297. The maximum absolute atomic E-state index is 12.5. The Morgan fingerprint density at radius 1 is 0.971 bits per heavy atom. The summed E-state index contributed by atoms with van der Waals surface area (Å²) in [5.41, 5.74) is 4.30.